The summed E-state index contributed by atoms with van der Waals surface area (Å²) in [5.74, 6) is 0. The summed E-state index contributed by atoms with van der Waals surface area (Å²) in [4.78, 5) is 2.26. The molecular formula is C61H45NSi. The molecule has 0 saturated carbocycles. The predicted molar refractivity (Wildman–Crippen MR) is 270 cm³/mol. The third kappa shape index (κ3) is 5.83. The van der Waals surface area contributed by atoms with Crippen molar-refractivity contribution in [1.29, 1.82) is 0 Å². The predicted octanol–water partition coefficient (Wildman–Crippen LogP) is 13.3. The molecule has 12 rings (SSSR count). The van der Waals surface area contributed by atoms with Gasteiger partial charge in [-0.1, -0.05) is 208 Å². The van der Waals surface area contributed by atoms with Crippen LogP contribution in [0.3, 0.4) is 0 Å². The Morgan fingerprint density at radius 1 is 0.349 bits per heavy atom. The van der Waals surface area contributed by atoms with Crippen molar-refractivity contribution in [2.45, 2.75) is 19.1 Å². The highest BCUT2D eigenvalue weighted by atomic mass is 28.3. The number of nitrogens with zero attached hydrogens (tertiary/aromatic N) is 1. The third-order valence-electron chi connectivity index (χ3n) is 13.4. The molecule has 298 valence electrons. The van der Waals surface area contributed by atoms with Gasteiger partial charge in [0.1, 0.15) is 0 Å². The Hall–Kier alpha value is -7.52. The van der Waals surface area contributed by atoms with Crippen LogP contribution < -0.4 is 25.6 Å². The fourth-order valence-electron chi connectivity index (χ4n) is 10.5. The van der Waals surface area contributed by atoms with E-state index in [4.69, 9.17) is 8.22 Å². The van der Waals surface area contributed by atoms with E-state index < -0.39 is 27.2 Å². The van der Waals surface area contributed by atoms with Crippen molar-refractivity contribution in [2.75, 3.05) is 4.90 Å². The second-order valence-electron chi connectivity index (χ2n) is 16.8. The lowest BCUT2D eigenvalue weighted by molar-refractivity contribution is 0.660. The Bertz CT molecular complexity index is 3540. The first kappa shape index (κ1) is 31.3. The molecule has 10 aromatic rings. The molecule has 2 aliphatic rings. The average Bonchev–Trinajstić information content (AvgIpc) is 3.86. The van der Waals surface area contributed by atoms with Crippen LogP contribution in [-0.4, -0.2) is 8.07 Å². The highest BCUT2D eigenvalue weighted by molar-refractivity contribution is 7.22. The zero-order chi connectivity index (χ0) is 47.1. The maximum absolute atomic E-state index is 8.72. The molecule has 1 aliphatic carbocycles. The molecule has 1 nitrogen and oxygen atoms in total. The highest BCUT2D eigenvalue weighted by Gasteiger charge is 2.48. The lowest BCUT2D eigenvalue weighted by Crippen LogP contribution is -2.72. The minimum absolute atomic E-state index is 0.309. The molecule has 0 fully saturated rings. The second-order valence-corrected chi connectivity index (χ2v) is 20.5. The number of hydrogen-bond acceptors (Lipinski definition) is 1. The molecule has 0 aromatic heterocycles. The number of benzene rings is 10. The summed E-state index contributed by atoms with van der Waals surface area (Å²) in [6, 6.07) is 82.8. The van der Waals surface area contributed by atoms with E-state index in [1.165, 1.54) is 31.9 Å². The first-order chi connectivity index (χ1) is 33.5. The Kier molecular flexibility index (Phi) is 7.24. The smallest absolute Gasteiger partial charge is 0.180 e. The van der Waals surface area contributed by atoms with Gasteiger partial charge in [0.25, 0.3) is 0 Å². The van der Waals surface area contributed by atoms with Gasteiger partial charge >= 0.3 is 0 Å². The van der Waals surface area contributed by atoms with Crippen molar-refractivity contribution < 1.29 is 8.22 Å². The quantitative estimate of drug-likeness (QED) is 0.145. The molecule has 2 heteroatoms. The Morgan fingerprint density at radius 2 is 0.873 bits per heavy atom. The van der Waals surface area contributed by atoms with Gasteiger partial charge in [-0.2, -0.15) is 0 Å². The standard InChI is InChI=1S/C61H45NSi/c1-61(2)57-24-11-8-21-53(57)54-38-32-47(41-58(54)61)44-29-35-49(36-30-44)62(50-37-31-42-15-6-7-16-45(42)39-50)48-33-27-43(28-34-48)46-17-14-20-52(40-46)63(51-18-4-3-5-19-51)59-25-12-9-22-55(59)56-23-10-13-26-60(56)63/h3-41H,1-2H3/i1D3,2D3. The number of anilines is 3. The van der Waals surface area contributed by atoms with Gasteiger partial charge in [0, 0.05) is 30.7 Å². The molecule has 0 amide bonds. The molecule has 0 atom stereocenters. The van der Waals surface area contributed by atoms with Gasteiger partial charge in [0.2, 0.25) is 0 Å². The van der Waals surface area contributed by atoms with Crippen LogP contribution >= 0.6 is 0 Å². The Morgan fingerprint density at radius 3 is 1.56 bits per heavy atom. The molecule has 10 aromatic carbocycles. The summed E-state index contributed by atoms with van der Waals surface area (Å²) in [5.41, 5.74) is 9.19. The highest BCUT2D eigenvalue weighted by Crippen LogP contribution is 2.49. The zero-order valence-electron chi connectivity index (χ0n) is 40.5. The van der Waals surface area contributed by atoms with E-state index in [1.54, 1.807) is 18.2 Å². The van der Waals surface area contributed by atoms with E-state index in [2.05, 4.69) is 187 Å². The lowest BCUT2D eigenvalue weighted by atomic mass is 9.81. The van der Waals surface area contributed by atoms with Gasteiger partial charge < -0.3 is 4.90 Å². The average molecular weight is 826 g/mol. The summed E-state index contributed by atoms with van der Waals surface area (Å²) in [6.45, 7) is -5.66. The van der Waals surface area contributed by atoms with Gasteiger partial charge in [-0.05, 0) is 130 Å². The topological polar surface area (TPSA) is 3.24 Å². The first-order valence-corrected chi connectivity index (χ1v) is 23.6. The normalized spacial score (nSPS) is 15.6. The minimum Gasteiger partial charge on any atom is -0.310 e. The molecule has 0 unspecified atom stereocenters. The third-order valence-corrected chi connectivity index (χ3v) is 18.3. The molecular weight excluding hydrogens is 775 g/mol. The molecule has 0 spiro atoms. The van der Waals surface area contributed by atoms with Crippen molar-refractivity contribution >= 4 is 56.7 Å². The van der Waals surface area contributed by atoms with Crippen molar-refractivity contribution in [3.05, 3.63) is 248 Å². The van der Waals surface area contributed by atoms with Crippen LogP contribution in [0.5, 0.6) is 0 Å². The monoisotopic (exact) mass is 825 g/mol. The van der Waals surface area contributed by atoms with Crippen LogP contribution in [0, 0.1) is 0 Å². The Labute approximate surface area is 379 Å². The van der Waals surface area contributed by atoms with Gasteiger partial charge in [0.05, 0.1) is 0 Å². The van der Waals surface area contributed by atoms with E-state index in [1.807, 2.05) is 36.4 Å². The van der Waals surface area contributed by atoms with Crippen LogP contribution in [0.15, 0.2) is 237 Å². The van der Waals surface area contributed by atoms with Gasteiger partial charge in [-0.15, -0.1) is 0 Å². The summed E-state index contributed by atoms with van der Waals surface area (Å²) in [5, 5.41) is 7.84. The fraction of sp³-hybridized carbons (Fsp3) is 0.0492. The van der Waals surface area contributed by atoms with Crippen LogP contribution in [0.2, 0.25) is 0 Å². The number of rotatable bonds is 7. The van der Waals surface area contributed by atoms with Gasteiger partial charge in [0.15, 0.2) is 8.07 Å². The molecule has 63 heavy (non-hydrogen) atoms. The van der Waals surface area contributed by atoms with Gasteiger partial charge in [-0.3, -0.25) is 0 Å². The van der Waals surface area contributed by atoms with Crippen LogP contribution in [0.1, 0.15) is 33.1 Å². The minimum atomic E-state index is -2.83. The molecule has 0 N–H and O–H groups in total. The summed E-state index contributed by atoms with van der Waals surface area (Å²) in [6.07, 6.45) is 0. The van der Waals surface area contributed by atoms with Crippen molar-refractivity contribution in [3.63, 3.8) is 0 Å². The number of hydrogen-bond donors (Lipinski definition) is 0. The van der Waals surface area contributed by atoms with Gasteiger partial charge in [-0.25, -0.2) is 0 Å². The largest absolute Gasteiger partial charge is 0.310 e. The maximum Gasteiger partial charge on any atom is 0.180 e. The van der Waals surface area contributed by atoms with Crippen LogP contribution in [0.25, 0.3) is 55.3 Å². The summed E-state index contributed by atoms with van der Waals surface area (Å²) in [7, 11) is -2.66. The van der Waals surface area contributed by atoms with E-state index >= 15 is 0 Å². The summed E-state index contributed by atoms with van der Waals surface area (Å²) >= 11 is 0. The van der Waals surface area contributed by atoms with Crippen molar-refractivity contribution in [3.8, 4) is 44.5 Å². The molecule has 0 bridgehead atoms. The fourth-order valence-corrected chi connectivity index (χ4v) is 15.7. The molecule has 1 aliphatic heterocycles. The SMILES string of the molecule is [2H]C([2H])([2H])C1(C([2H])([2H])[2H])c2ccccc2-c2ccc(-c3ccc(N(c4ccc(-c5cccc([Si]6(c7ccccc7)c7ccccc7-c7ccccc76)c5)cc4)c4ccc5ccccc5c4)cc3)cc21. The van der Waals surface area contributed by atoms with E-state index in [-0.39, 0.29) is 0 Å². The second kappa shape index (κ2) is 14.5. The van der Waals surface area contributed by atoms with E-state index in [0.29, 0.717) is 22.3 Å². The summed E-state index contributed by atoms with van der Waals surface area (Å²) < 4.78 is 52.3. The van der Waals surface area contributed by atoms with E-state index in [9.17, 15) is 0 Å². The zero-order valence-corrected chi connectivity index (χ0v) is 35.5. The molecule has 0 saturated heterocycles. The van der Waals surface area contributed by atoms with Crippen molar-refractivity contribution in [2.24, 2.45) is 0 Å². The molecule has 1 heterocycles. The van der Waals surface area contributed by atoms with E-state index in [0.717, 1.165) is 50.1 Å². The van der Waals surface area contributed by atoms with Crippen LogP contribution in [-0.2, 0) is 5.41 Å². The van der Waals surface area contributed by atoms with Crippen molar-refractivity contribution in [1.82, 2.24) is 0 Å². The lowest BCUT2D eigenvalue weighted by Gasteiger charge is -2.31. The Balaban J connectivity index is 0.940. The number of fused-ring (bicyclic) bond motifs is 7. The first-order valence-electron chi connectivity index (χ1n) is 24.6. The maximum atomic E-state index is 8.72. The molecule has 0 radical (unpaired) electrons. The van der Waals surface area contributed by atoms with Crippen LogP contribution in [0.4, 0.5) is 17.1 Å².